The Morgan fingerprint density at radius 3 is 2.71 bits per heavy atom. The summed E-state index contributed by atoms with van der Waals surface area (Å²) < 4.78 is 0. The number of hydrogen-bond acceptors (Lipinski definition) is 2. The minimum absolute atomic E-state index is 0.0236. The fraction of sp³-hybridized carbons (Fsp3) is 0.286. The molecular formula is C14H14N2O. The normalized spacial score (nSPS) is 14.2. The van der Waals surface area contributed by atoms with Crippen LogP contribution in [0.3, 0.4) is 0 Å². The minimum atomic E-state index is -0.0517. The van der Waals surface area contributed by atoms with E-state index in [2.05, 4.69) is 37.1 Å². The maximum Gasteiger partial charge on any atom is 0.257 e. The molecule has 0 unspecified atom stereocenters. The molecule has 0 radical (unpaired) electrons. The van der Waals surface area contributed by atoms with E-state index in [9.17, 15) is 4.79 Å². The number of rotatable bonds is 0. The van der Waals surface area contributed by atoms with Gasteiger partial charge in [-0.3, -0.25) is 4.79 Å². The second kappa shape index (κ2) is 3.06. The summed E-state index contributed by atoms with van der Waals surface area (Å²) in [7, 11) is 0. The minimum Gasteiger partial charge on any atom is -0.306 e. The Balaban J connectivity index is 2.45. The molecule has 3 rings (SSSR count). The Labute approximate surface area is 99.9 Å². The van der Waals surface area contributed by atoms with Crippen LogP contribution in [-0.4, -0.2) is 10.9 Å². The number of nitrogens with one attached hydrogen (secondary N) is 1. The first-order valence-corrected chi connectivity index (χ1v) is 5.72. The van der Waals surface area contributed by atoms with Gasteiger partial charge in [-0.25, -0.2) is 4.98 Å². The van der Waals surface area contributed by atoms with Gasteiger partial charge in [0.25, 0.3) is 5.91 Å². The Bertz CT molecular complexity index is 638. The fourth-order valence-electron chi connectivity index (χ4n) is 2.35. The average molecular weight is 226 g/mol. The molecular weight excluding hydrogens is 212 g/mol. The van der Waals surface area contributed by atoms with E-state index in [0.717, 1.165) is 16.3 Å². The standard InChI is InChI=1S/C14H14N2O/c1-14(2,3)10-7-15-12-11-8(10)5-4-6-9(11)13(17)16-12/h4-7H,1-3H3,(H,15,16,17). The maximum atomic E-state index is 11.8. The van der Waals surface area contributed by atoms with E-state index in [1.54, 1.807) is 0 Å². The van der Waals surface area contributed by atoms with Crippen molar-refractivity contribution in [3.8, 4) is 0 Å². The molecule has 0 spiro atoms. The van der Waals surface area contributed by atoms with Crippen LogP contribution >= 0.6 is 0 Å². The molecule has 1 N–H and O–H groups in total. The molecule has 1 amide bonds. The molecule has 2 aromatic rings. The van der Waals surface area contributed by atoms with E-state index >= 15 is 0 Å². The molecule has 0 fully saturated rings. The van der Waals surface area contributed by atoms with Crippen LogP contribution in [0, 0.1) is 0 Å². The Hall–Kier alpha value is -1.90. The summed E-state index contributed by atoms with van der Waals surface area (Å²) in [4.78, 5) is 16.1. The summed E-state index contributed by atoms with van der Waals surface area (Å²) in [5, 5.41) is 4.89. The Morgan fingerprint density at radius 2 is 2.00 bits per heavy atom. The lowest BCUT2D eigenvalue weighted by Gasteiger charge is -2.20. The lowest BCUT2D eigenvalue weighted by Crippen LogP contribution is -2.12. The first-order valence-electron chi connectivity index (χ1n) is 5.72. The topological polar surface area (TPSA) is 42.0 Å². The number of amides is 1. The highest BCUT2D eigenvalue weighted by Gasteiger charge is 2.26. The molecule has 0 saturated carbocycles. The summed E-state index contributed by atoms with van der Waals surface area (Å²) in [6.45, 7) is 6.47. The van der Waals surface area contributed by atoms with Gasteiger partial charge in [0.2, 0.25) is 0 Å². The third-order valence-corrected chi connectivity index (χ3v) is 3.20. The van der Waals surface area contributed by atoms with E-state index < -0.39 is 0 Å². The van der Waals surface area contributed by atoms with Crippen molar-refractivity contribution in [3.05, 3.63) is 35.5 Å². The van der Waals surface area contributed by atoms with Crippen molar-refractivity contribution in [1.29, 1.82) is 0 Å². The number of benzene rings is 1. The SMILES string of the molecule is CC(C)(C)c1cnc2c3c(cccc13)C(=O)N2. The molecule has 0 bridgehead atoms. The van der Waals surface area contributed by atoms with Gasteiger partial charge < -0.3 is 5.32 Å². The summed E-state index contributed by atoms with van der Waals surface area (Å²) in [6.07, 6.45) is 1.87. The molecule has 2 heterocycles. The summed E-state index contributed by atoms with van der Waals surface area (Å²) in [5.74, 6) is 0.637. The van der Waals surface area contributed by atoms with E-state index in [4.69, 9.17) is 0 Å². The van der Waals surface area contributed by atoms with Crippen LogP contribution in [0.15, 0.2) is 24.4 Å². The number of pyridine rings is 1. The van der Waals surface area contributed by atoms with Crippen LogP contribution in [0.4, 0.5) is 5.82 Å². The van der Waals surface area contributed by atoms with E-state index in [0.29, 0.717) is 5.82 Å². The van der Waals surface area contributed by atoms with Crippen LogP contribution in [0.1, 0.15) is 36.7 Å². The number of anilines is 1. The van der Waals surface area contributed by atoms with Gasteiger partial charge in [-0.2, -0.15) is 0 Å². The highest BCUT2D eigenvalue weighted by atomic mass is 16.1. The molecule has 86 valence electrons. The van der Waals surface area contributed by atoms with Gasteiger partial charge in [-0.1, -0.05) is 32.9 Å². The van der Waals surface area contributed by atoms with Crippen LogP contribution in [0.5, 0.6) is 0 Å². The zero-order valence-corrected chi connectivity index (χ0v) is 10.2. The third kappa shape index (κ3) is 1.35. The van der Waals surface area contributed by atoms with Crippen molar-refractivity contribution in [1.82, 2.24) is 4.98 Å². The second-order valence-electron chi connectivity index (χ2n) is 5.45. The van der Waals surface area contributed by atoms with Gasteiger partial charge in [0.05, 0.1) is 5.56 Å². The first kappa shape index (κ1) is 10.3. The number of aromatic nitrogens is 1. The van der Waals surface area contributed by atoms with Crippen molar-refractivity contribution in [2.45, 2.75) is 26.2 Å². The number of carbonyl (C=O) groups excluding carboxylic acids is 1. The molecule has 3 heteroatoms. The lowest BCUT2D eigenvalue weighted by atomic mass is 9.84. The van der Waals surface area contributed by atoms with Gasteiger partial charge in [0.15, 0.2) is 0 Å². The Morgan fingerprint density at radius 1 is 1.24 bits per heavy atom. The molecule has 1 aliphatic rings. The number of carbonyl (C=O) groups is 1. The van der Waals surface area contributed by atoms with Gasteiger partial charge in [-0.15, -0.1) is 0 Å². The van der Waals surface area contributed by atoms with Gasteiger partial charge in [0, 0.05) is 11.6 Å². The molecule has 1 aliphatic heterocycles. The monoisotopic (exact) mass is 226 g/mol. The van der Waals surface area contributed by atoms with Crippen molar-refractivity contribution >= 4 is 22.5 Å². The van der Waals surface area contributed by atoms with Crippen LogP contribution in [0.2, 0.25) is 0 Å². The smallest absolute Gasteiger partial charge is 0.257 e. The van der Waals surface area contributed by atoms with Gasteiger partial charge >= 0.3 is 0 Å². The molecule has 1 aromatic heterocycles. The van der Waals surface area contributed by atoms with Crippen molar-refractivity contribution < 1.29 is 4.79 Å². The molecule has 1 aromatic carbocycles. The highest BCUT2D eigenvalue weighted by molar-refractivity contribution is 6.23. The van der Waals surface area contributed by atoms with Crippen LogP contribution in [-0.2, 0) is 5.41 Å². The summed E-state index contributed by atoms with van der Waals surface area (Å²) in [5.41, 5.74) is 1.93. The molecule has 0 saturated heterocycles. The number of hydrogen-bond donors (Lipinski definition) is 1. The second-order valence-corrected chi connectivity index (χ2v) is 5.45. The van der Waals surface area contributed by atoms with Gasteiger partial charge in [0.1, 0.15) is 5.82 Å². The van der Waals surface area contributed by atoms with Crippen molar-refractivity contribution in [2.75, 3.05) is 5.32 Å². The predicted octanol–water partition coefficient (Wildman–Crippen LogP) is 3.10. The average Bonchev–Trinajstić information content (AvgIpc) is 2.57. The molecule has 0 aliphatic carbocycles. The third-order valence-electron chi connectivity index (χ3n) is 3.20. The summed E-state index contributed by atoms with van der Waals surface area (Å²) in [6, 6.07) is 5.84. The predicted molar refractivity (Wildman–Crippen MR) is 68.4 cm³/mol. The van der Waals surface area contributed by atoms with Crippen LogP contribution < -0.4 is 5.32 Å². The highest BCUT2D eigenvalue weighted by Crippen LogP contribution is 2.37. The maximum absolute atomic E-state index is 11.8. The summed E-state index contributed by atoms with van der Waals surface area (Å²) >= 11 is 0. The first-order chi connectivity index (χ1) is 7.98. The van der Waals surface area contributed by atoms with Gasteiger partial charge in [-0.05, 0) is 22.4 Å². The zero-order valence-electron chi connectivity index (χ0n) is 10.2. The quantitative estimate of drug-likeness (QED) is 0.750. The van der Waals surface area contributed by atoms with Crippen LogP contribution in [0.25, 0.3) is 10.8 Å². The largest absolute Gasteiger partial charge is 0.306 e. The van der Waals surface area contributed by atoms with Crippen molar-refractivity contribution in [2.24, 2.45) is 0 Å². The fourth-order valence-corrected chi connectivity index (χ4v) is 2.35. The van der Waals surface area contributed by atoms with E-state index in [1.165, 1.54) is 5.56 Å². The number of nitrogens with zero attached hydrogens (tertiary/aromatic N) is 1. The lowest BCUT2D eigenvalue weighted by molar-refractivity contribution is 0.103. The Kier molecular flexibility index (Phi) is 1.85. The van der Waals surface area contributed by atoms with Crippen molar-refractivity contribution in [3.63, 3.8) is 0 Å². The van der Waals surface area contributed by atoms with E-state index in [-0.39, 0.29) is 11.3 Å². The zero-order chi connectivity index (χ0) is 12.2. The van der Waals surface area contributed by atoms with E-state index in [1.807, 2.05) is 18.3 Å². The molecule has 3 nitrogen and oxygen atoms in total. The molecule has 0 atom stereocenters. The molecule has 17 heavy (non-hydrogen) atoms.